The molecule has 2 rings (SSSR count). The van der Waals surface area contributed by atoms with Crippen LogP contribution in [0, 0.1) is 0 Å². The van der Waals surface area contributed by atoms with Crippen molar-refractivity contribution in [2.75, 3.05) is 17.5 Å². The molecule has 0 saturated heterocycles. The molecule has 0 radical (unpaired) electrons. The van der Waals surface area contributed by atoms with E-state index in [-0.39, 0.29) is 11.8 Å². The van der Waals surface area contributed by atoms with Crippen LogP contribution in [0.25, 0.3) is 0 Å². The normalized spacial score (nSPS) is 9.81. The number of nitrogens with one attached hydrogen (secondary N) is 2. The number of carbonyl (C=O) groups excluding carboxylic acids is 4. The van der Waals surface area contributed by atoms with Gasteiger partial charge in [0.05, 0.1) is 10.1 Å². The summed E-state index contributed by atoms with van der Waals surface area (Å²) in [5, 5.41) is 23.2. The Bertz CT molecular complexity index is 1130. The van der Waals surface area contributed by atoms with Gasteiger partial charge in [0.2, 0.25) is 5.91 Å². The van der Waals surface area contributed by atoms with Gasteiger partial charge in [0.25, 0.3) is 0 Å². The third-order valence-electron chi connectivity index (χ3n) is 6.65. The molecule has 0 bridgehead atoms. The van der Waals surface area contributed by atoms with Gasteiger partial charge >= 0.3 is 165 Å². The molecule has 0 spiro atoms. The molecule has 0 aliphatic rings. The van der Waals surface area contributed by atoms with E-state index in [0.717, 1.165) is 94.0 Å². The third-order valence-corrected chi connectivity index (χ3v) is 9.94. The molecule has 52 heavy (non-hydrogen) atoms. The quantitative estimate of drug-likeness (QED) is 0.0676. The first-order valence-corrected chi connectivity index (χ1v) is 26.3. The monoisotopic (exact) mass is 978 g/mol. The summed E-state index contributed by atoms with van der Waals surface area (Å²) in [6.07, 6.45) is 16.6. The van der Waals surface area contributed by atoms with E-state index in [1.165, 1.54) is 12.8 Å². The van der Waals surface area contributed by atoms with Gasteiger partial charge in [-0.1, -0.05) is 81.7 Å². The first-order chi connectivity index (χ1) is 25.0. The number of halogens is 1. The van der Waals surface area contributed by atoms with Crippen molar-refractivity contribution in [1.82, 2.24) is 40.6 Å². The van der Waals surface area contributed by atoms with Gasteiger partial charge in [0, 0.05) is 38.5 Å². The summed E-state index contributed by atoms with van der Waals surface area (Å²) in [7, 11) is 0. The number of carbonyl (C=O) groups is 4. The van der Waals surface area contributed by atoms with Crippen LogP contribution < -0.4 is 10.6 Å². The third kappa shape index (κ3) is 38.1. The van der Waals surface area contributed by atoms with Crippen molar-refractivity contribution in [3.05, 3.63) is 23.8 Å². The number of unbranched alkanes of at least 4 members (excludes halogenated alkanes) is 3. The second-order valence-corrected chi connectivity index (χ2v) is 16.2. The second kappa shape index (κ2) is 42.1. The fourth-order valence-electron chi connectivity index (χ4n) is 3.60. The van der Waals surface area contributed by atoms with Crippen LogP contribution >= 0.6 is 22.6 Å². The predicted octanol–water partition coefficient (Wildman–Crippen LogP) is 7.18. The number of aryl methyl sites for hydroxylation is 2. The molecule has 2 aromatic rings. The average Bonchev–Trinajstić information content (AvgIpc) is 3.80. The van der Waals surface area contributed by atoms with Crippen LogP contribution in [0.4, 0.5) is 0 Å². The molecule has 0 aliphatic carbocycles. The second-order valence-electron chi connectivity index (χ2n) is 11.8. The van der Waals surface area contributed by atoms with Crippen LogP contribution in [-0.2, 0) is 45.1 Å². The minimum atomic E-state index is 0.0796. The van der Waals surface area contributed by atoms with Gasteiger partial charge in [-0.15, -0.1) is 5.10 Å². The fraction of sp³-hybridized carbons (Fsp3) is 0.784. The zero-order valence-corrected chi connectivity index (χ0v) is 39.4. The van der Waals surface area contributed by atoms with Crippen molar-refractivity contribution in [1.29, 1.82) is 0 Å². The Morgan fingerprint density at radius 1 is 0.635 bits per heavy atom. The Kier molecular flexibility index (Phi) is 44.2. The molecular formula is C37H71IN8O4Se2. The van der Waals surface area contributed by atoms with E-state index in [2.05, 4.69) is 107 Å². The van der Waals surface area contributed by atoms with E-state index < -0.39 is 0 Å². The molecule has 0 fully saturated rings. The molecule has 0 atom stereocenters. The number of amides is 2. The van der Waals surface area contributed by atoms with Gasteiger partial charge in [0.15, 0.2) is 0 Å². The van der Waals surface area contributed by atoms with Crippen molar-refractivity contribution in [3.8, 4) is 0 Å². The number of ketones is 2. The van der Waals surface area contributed by atoms with E-state index in [0.29, 0.717) is 70.7 Å². The zero-order chi connectivity index (χ0) is 39.8. The van der Waals surface area contributed by atoms with Crippen molar-refractivity contribution in [3.63, 3.8) is 0 Å². The van der Waals surface area contributed by atoms with Crippen LogP contribution in [0.3, 0.4) is 0 Å². The molecule has 12 nitrogen and oxygen atoms in total. The standard InChI is InChI=1S/C10H18N4OSe.C10H18N4O.C7H14OSe.C6H11IO.C4H10/c1-3-6-14-7-9(12-13-14)4-5-11-10(15)8-16-2;1-3-7-14-8-9(12-13-14)5-6-11-10(15)4-2;1-3-4-5-7(8)6-9-2;1-2-3-4-6(8)5-7;1-3-4-2/h7H,3-6,8H2,1-2H3,(H,11,15);8H,3-7H2,1-2H3,(H,11,15);3-6H2,1-2H3;2-5H2,1H3;3-4H2,1-2H3. The molecule has 15 heteroatoms. The summed E-state index contributed by atoms with van der Waals surface area (Å²) in [5.74, 6) is 5.23. The molecule has 0 aromatic carbocycles. The SMILES string of the molecule is CCCC.CCCCC(=O)CI.CCCCC(=O)C[Se]C.CCCn1cc(CCNC(=O)CC)nn1.CCCn1cc(CCNC(=O)C[Se]C)nn1. The van der Waals surface area contributed by atoms with Crippen molar-refractivity contribution < 1.29 is 19.2 Å². The van der Waals surface area contributed by atoms with Gasteiger partial charge in [0.1, 0.15) is 5.78 Å². The summed E-state index contributed by atoms with van der Waals surface area (Å²) < 4.78 is 4.35. The molecule has 2 aromatic heterocycles. The van der Waals surface area contributed by atoms with Crippen LogP contribution in [0.2, 0.25) is 22.3 Å². The summed E-state index contributed by atoms with van der Waals surface area (Å²) in [4.78, 5) is 43.5. The Hall–Kier alpha value is -1.67. The summed E-state index contributed by atoms with van der Waals surface area (Å²) in [6, 6.07) is 0. The summed E-state index contributed by atoms with van der Waals surface area (Å²) >= 11 is 3.06. The first-order valence-electron chi connectivity index (χ1n) is 18.9. The number of nitrogens with zero attached hydrogens (tertiary/aromatic N) is 6. The van der Waals surface area contributed by atoms with E-state index in [4.69, 9.17) is 0 Å². The van der Waals surface area contributed by atoms with Gasteiger partial charge in [-0.3, -0.25) is 14.3 Å². The topological polar surface area (TPSA) is 154 Å². The van der Waals surface area contributed by atoms with Crippen molar-refractivity contribution >= 4 is 75.9 Å². The Balaban J connectivity index is -0.000000616. The summed E-state index contributed by atoms with van der Waals surface area (Å²) in [6.45, 7) is 17.7. The first kappa shape index (κ1) is 54.7. The number of aromatic nitrogens is 6. The van der Waals surface area contributed by atoms with Crippen molar-refractivity contribution in [2.45, 2.75) is 167 Å². The van der Waals surface area contributed by atoms with E-state index in [1.54, 1.807) is 0 Å². The summed E-state index contributed by atoms with van der Waals surface area (Å²) in [5.41, 5.74) is 1.87. The van der Waals surface area contributed by atoms with E-state index >= 15 is 0 Å². The zero-order valence-electron chi connectivity index (χ0n) is 33.8. The van der Waals surface area contributed by atoms with Gasteiger partial charge in [-0.25, -0.2) is 0 Å². The molecule has 0 unspecified atom stereocenters. The molecule has 2 heterocycles. The van der Waals surface area contributed by atoms with Crippen molar-refractivity contribution in [2.24, 2.45) is 0 Å². The molecule has 2 N–H and O–H groups in total. The Morgan fingerprint density at radius 2 is 1.08 bits per heavy atom. The molecular weight excluding hydrogens is 905 g/mol. The average molecular weight is 977 g/mol. The molecule has 0 aliphatic heterocycles. The predicted molar refractivity (Wildman–Crippen MR) is 226 cm³/mol. The molecule has 302 valence electrons. The number of Topliss-reactive ketones (excluding diaryl/α,β-unsaturated/α-hetero) is 2. The Labute approximate surface area is 342 Å². The number of hydrogen-bond acceptors (Lipinski definition) is 8. The number of hydrogen-bond donors (Lipinski definition) is 2. The maximum atomic E-state index is 11.2. The van der Waals surface area contributed by atoms with Gasteiger partial charge in [-0.2, -0.15) is 0 Å². The van der Waals surface area contributed by atoms with E-state index in [9.17, 15) is 19.2 Å². The van der Waals surface area contributed by atoms with Crippen LogP contribution in [0.1, 0.15) is 130 Å². The van der Waals surface area contributed by atoms with Crippen LogP contribution in [0.15, 0.2) is 12.4 Å². The van der Waals surface area contributed by atoms with Gasteiger partial charge < -0.3 is 5.32 Å². The van der Waals surface area contributed by atoms with E-state index in [1.807, 2.05) is 28.7 Å². The molecule has 2 amide bonds. The van der Waals surface area contributed by atoms with Crippen LogP contribution in [-0.4, -0.2) is 101 Å². The van der Waals surface area contributed by atoms with Gasteiger partial charge in [-0.05, 0) is 12.8 Å². The minimum absolute atomic E-state index is 0.0796. The molecule has 0 saturated carbocycles. The fourth-order valence-corrected chi connectivity index (χ4v) is 5.72. The number of rotatable bonds is 23. The Morgan fingerprint density at radius 3 is 1.44 bits per heavy atom. The number of alkyl halides is 1. The van der Waals surface area contributed by atoms with Crippen LogP contribution in [0.5, 0.6) is 0 Å². The maximum absolute atomic E-state index is 11.2.